The molecule has 1 aromatic heterocycles. The van der Waals surface area contributed by atoms with Gasteiger partial charge in [-0.2, -0.15) is 0 Å². The fraction of sp³-hybridized carbons (Fsp3) is 0.667. The van der Waals surface area contributed by atoms with E-state index < -0.39 is 0 Å². The Morgan fingerprint density at radius 3 is 3.05 bits per heavy atom. The Balaban J connectivity index is 1.75. The number of carbonyl (C=O) groups is 2. The third-order valence-corrected chi connectivity index (χ3v) is 5.43. The molecule has 1 aromatic rings. The van der Waals surface area contributed by atoms with Gasteiger partial charge in [0.15, 0.2) is 10.8 Å². The van der Waals surface area contributed by atoms with Crippen molar-refractivity contribution in [2.45, 2.75) is 38.6 Å². The van der Waals surface area contributed by atoms with Crippen LogP contribution in [-0.2, 0) is 4.74 Å². The molecule has 0 aromatic carbocycles. The maximum atomic E-state index is 12.3. The highest BCUT2D eigenvalue weighted by molar-refractivity contribution is 7.11. The third-order valence-electron chi connectivity index (χ3n) is 4.61. The van der Waals surface area contributed by atoms with Crippen molar-refractivity contribution in [3.05, 3.63) is 16.6 Å². The lowest BCUT2D eigenvalue weighted by atomic mass is 9.91. The number of aromatic nitrogens is 1. The first-order valence-corrected chi connectivity index (χ1v) is 8.44. The summed E-state index contributed by atoms with van der Waals surface area (Å²) in [5.41, 5.74) is 0. The van der Waals surface area contributed by atoms with Gasteiger partial charge in [0.1, 0.15) is 0 Å². The van der Waals surface area contributed by atoms with E-state index in [1.807, 2.05) is 12.3 Å². The van der Waals surface area contributed by atoms with Gasteiger partial charge >= 0.3 is 6.09 Å². The summed E-state index contributed by atoms with van der Waals surface area (Å²) in [5, 5.41) is 2.35. The molecule has 1 amide bonds. The molecule has 2 aliphatic rings. The van der Waals surface area contributed by atoms with Crippen molar-refractivity contribution in [2.75, 3.05) is 13.2 Å². The molecule has 3 atom stereocenters. The first-order chi connectivity index (χ1) is 10.2. The first-order valence-electron chi connectivity index (χ1n) is 7.56. The van der Waals surface area contributed by atoms with Gasteiger partial charge in [-0.3, -0.25) is 4.79 Å². The second-order valence-corrected chi connectivity index (χ2v) is 6.63. The maximum Gasteiger partial charge on any atom is 0.410 e. The van der Waals surface area contributed by atoms with Crippen LogP contribution in [0.2, 0.25) is 0 Å². The number of amides is 1. The largest absolute Gasteiger partial charge is 0.450 e. The molecule has 5 nitrogen and oxygen atoms in total. The highest BCUT2D eigenvalue weighted by atomic mass is 32.1. The van der Waals surface area contributed by atoms with Crippen molar-refractivity contribution in [1.82, 2.24) is 9.88 Å². The fourth-order valence-electron chi connectivity index (χ4n) is 3.73. The van der Waals surface area contributed by atoms with Crippen LogP contribution in [0.25, 0.3) is 0 Å². The molecule has 0 spiro atoms. The number of carbonyl (C=O) groups excluding carboxylic acids is 2. The van der Waals surface area contributed by atoms with Crippen molar-refractivity contribution >= 4 is 23.2 Å². The monoisotopic (exact) mass is 308 g/mol. The maximum absolute atomic E-state index is 12.3. The molecule has 0 bridgehead atoms. The Morgan fingerprint density at radius 2 is 2.33 bits per heavy atom. The molecule has 1 aliphatic carbocycles. The molecule has 114 valence electrons. The van der Waals surface area contributed by atoms with Crippen LogP contribution in [0.3, 0.4) is 0 Å². The number of ketones is 1. The van der Waals surface area contributed by atoms with E-state index in [4.69, 9.17) is 4.74 Å². The average Bonchev–Trinajstić information content (AvgIpc) is 3.16. The standard InChI is InChI=1S/C15H20N2O3S/c1-2-20-15(19)17-9-10-4-3-5-11(10)12(17)8-13(18)14-16-6-7-21-14/h6-7,10-12H,2-5,8-9H2,1H3. The Hall–Kier alpha value is -1.43. The second kappa shape index (κ2) is 6.13. The second-order valence-electron chi connectivity index (χ2n) is 5.74. The molecular formula is C15H20N2O3S. The summed E-state index contributed by atoms with van der Waals surface area (Å²) >= 11 is 1.36. The highest BCUT2D eigenvalue weighted by Gasteiger charge is 2.47. The van der Waals surface area contributed by atoms with Crippen molar-refractivity contribution in [3.63, 3.8) is 0 Å². The van der Waals surface area contributed by atoms with E-state index in [0.717, 1.165) is 19.4 Å². The van der Waals surface area contributed by atoms with Crippen molar-refractivity contribution in [1.29, 1.82) is 0 Å². The number of likely N-dealkylation sites (tertiary alicyclic amines) is 1. The molecule has 6 heteroatoms. The summed E-state index contributed by atoms with van der Waals surface area (Å²) in [5.74, 6) is 1.01. The number of ether oxygens (including phenoxy) is 1. The van der Waals surface area contributed by atoms with Crippen LogP contribution < -0.4 is 0 Å². The summed E-state index contributed by atoms with van der Waals surface area (Å²) in [7, 11) is 0. The van der Waals surface area contributed by atoms with Gasteiger partial charge in [-0.15, -0.1) is 11.3 Å². The van der Waals surface area contributed by atoms with Gasteiger partial charge in [0.25, 0.3) is 0 Å². The summed E-state index contributed by atoms with van der Waals surface area (Å²) < 4.78 is 5.16. The molecule has 21 heavy (non-hydrogen) atoms. The van der Waals surface area contributed by atoms with Crippen LogP contribution in [0.4, 0.5) is 4.79 Å². The lowest BCUT2D eigenvalue weighted by molar-refractivity contribution is 0.0840. The van der Waals surface area contributed by atoms with Crippen LogP contribution in [0.5, 0.6) is 0 Å². The van der Waals surface area contributed by atoms with Gasteiger partial charge in [0.05, 0.1) is 6.61 Å². The number of nitrogens with zero attached hydrogens (tertiary/aromatic N) is 2. The van der Waals surface area contributed by atoms with E-state index >= 15 is 0 Å². The molecule has 1 aliphatic heterocycles. The Labute approximate surface area is 128 Å². The number of hydrogen-bond acceptors (Lipinski definition) is 5. The van der Waals surface area contributed by atoms with Gasteiger partial charge in [-0.05, 0) is 31.6 Å². The minimum Gasteiger partial charge on any atom is -0.450 e. The average molecular weight is 308 g/mol. The van der Waals surface area contributed by atoms with Crippen molar-refractivity contribution in [2.24, 2.45) is 11.8 Å². The van der Waals surface area contributed by atoms with E-state index in [9.17, 15) is 9.59 Å². The molecule has 0 radical (unpaired) electrons. The predicted octanol–water partition coefficient (Wildman–Crippen LogP) is 2.97. The lowest BCUT2D eigenvalue weighted by Crippen LogP contribution is -2.39. The fourth-order valence-corrected chi connectivity index (χ4v) is 4.32. The normalized spacial score (nSPS) is 27.7. The van der Waals surface area contributed by atoms with Gasteiger partial charge in [-0.25, -0.2) is 9.78 Å². The zero-order chi connectivity index (χ0) is 14.8. The zero-order valence-corrected chi connectivity index (χ0v) is 13.0. The van der Waals surface area contributed by atoms with E-state index in [2.05, 4.69) is 4.98 Å². The summed E-state index contributed by atoms with van der Waals surface area (Å²) in [6.45, 7) is 2.92. The topological polar surface area (TPSA) is 59.5 Å². The van der Waals surface area contributed by atoms with Crippen LogP contribution in [0, 0.1) is 11.8 Å². The number of Topliss-reactive ketones (excluding diaryl/α,β-unsaturated/α-hetero) is 1. The predicted molar refractivity (Wildman–Crippen MR) is 79.4 cm³/mol. The third kappa shape index (κ3) is 2.81. The summed E-state index contributed by atoms with van der Waals surface area (Å²) in [4.78, 5) is 30.3. The molecular weight excluding hydrogens is 288 g/mol. The number of hydrogen-bond donors (Lipinski definition) is 0. The molecule has 3 rings (SSSR count). The van der Waals surface area contributed by atoms with Gasteiger partial charge < -0.3 is 9.64 Å². The summed E-state index contributed by atoms with van der Waals surface area (Å²) in [6, 6.07) is -0.0204. The molecule has 0 N–H and O–H groups in total. The number of thiazole rings is 1. The molecule has 2 fully saturated rings. The molecule has 1 saturated carbocycles. The minimum atomic E-state index is -0.274. The highest BCUT2D eigenvalue weighted by Crippen LogP contribution is 2.43. The first kappa shape index (κ1) is 14.5. The zero-order valence-electron chi connectivity index (χ0n) is 12.2. The Bertz CT molecular complexity index is 517. The van der Waals surface area contributed by atoms with Crippen LogP contribution in [0.15, 0.2) is 11.6 Å². The summed E-state index contributed by atoms with van der Waals surface area (Å²) in [6.07, 6.45) is 5.21. The smallest absolute Gasteiger partial charge is 0.410 e. The van der Waals surface area contributed by atoms with Gasteiger partial charge in [0.2, 0.25) is 0 Å². The van der Waals surface area contributed by atoms with Crippen LogP contribution >= 0.6 is 11.3 Å². The Morgan fingerprint density at radius 1 is 1.48 bits per heavy atom. The molecule has 1 saturated heterocycles. The quantitative estimate of drug-likeness (QED) is 0.802. The minimum absolute atomic E-state index is 0.0204. The van der Waals surface area contributed by atoms with E-state index in [1.54, 1.807) is 11.1 Å². The van der Waals surface area contributed by atoms with Crippen molar-refractivity contribution < 1.29 is 14.3 Å². The Kier molecular flexibility index (Phi) is 4.24. The number of rotatable bonds is 4. The van der Waals surface area contributed by atoms with Crippen LogP contribution in [0.1, 0.15) is 42.4 Å². The van der Waals surface area contributed by atoms with E-state index in [1.165, 1.54) is 17.8 Å². The van der Waals surface area contributed by atoms with Gasteiger partial charge in [0, 0.05) is 30.6 Å². The molecule has 3 unspecified atom stereocenters. The lowest BCUT2D eigenvalue weighted by Gasteiger charge is -2.26. The SMILES string of the molecule is CCOC(=O)N1CC2CCCC2C1CC(=O)c1nccs1. The van der Waals surface area contributed by atoms with E-state index in [-0.39, 0.29) is 17.9 Å². The molecule has 2 heterocycles. The van der Waals surface area contributed by atoms with Gasteiger partial charge in [-0.1, -0.05) is 6.42 Å². The van der Waals surface area contributed by atoms with Crippen molar-refractivity contribution in [3.8, 4) is 0 Å². The van der Waals surface area contributed by atoms with E-state index in [0.29, 0.717) is 29.9 Å². The number of fused-ring (bicyclic) bond motifs is 1. The van der Waals surface area contributed by atoms with Crippen LogP contribution in [-0.4, -0.2) is 41.0 Å².